The van der Waals surface area contributed by atoms with Crippen LogP contribution in [-0.4, -0.2) is 23.1 Å². The molecule has 1 aromatic heterocycles. The van der Waals surface area contributed by atoms with Crippen LogP contribution in [0.1, 0.15) is 35.7 Å². The average Bonchev–Trinajstić information content (AvgIpc) is 2.86. The summed E-state index contributed by atoms with van der Waals surface area (Å²) in [6.07, 6.45) is 2.31. The lowest BCUT2D eigenvalue weighted by Gasteiger charge is -2.40. The summed E-state index contributed by atoms with van der Waals surface area (Å²) in [5.74, 6) is 0. The molecule has 0 spiro atoms. The molecule has 0 bridgehead atoms. The van der Waals surface area contributed by atoms with Crippen molar-refractivity contribution in [2.75, 3.05) is 13.6 Å². The summed E-state index contributed by atoms with van der Waals surface area (Å²) in [7, 11) is 4.51. The fourth-order valence-electron chi connectivity index (χ4n) is 4.82. The van der Waals surface area contributed by atoms with Gasteiger partial charge in [0.05, 0.1) is 0 Å². The molecule has 0 N–H and O–H groups in total. The maximum absolute atomic E-state index is 2.50. The van der Waals surface area contributed by atoms with Crippen LogP contribution in [0.3, 0.4) is 0 Å². The molecule has 4 rings (SSSR count). The monoisotopic (exact) mass is 332 g/mol. The Morgan fingerprint density at radius 3 is 2.56 bits per heavy atom. The van der Waals surface area contributed by atoms with Gasteiger partial charge in [0.15, 0.2) is 0 Å². The molecular formula is C23H28N2. The Labute approximate surface area is 151 Å². The Morgan fingerprint density at radius 1 is 1.04 bits per heavy atom. The quantitative estimate of drug-likeness (QED) is 0.667. The summed E-state index contributed by atoms with van der Waals surface area (Å²) in [4.78, 5) is 2.50. The summed E-state index contributed by atoms with van der Waals surface area (Å²) in [6, 6.07) is 17.8. The number of aromatic nitrogens is 1. The van der Waals surface area contributed by atoms with Gasteiger partial charge in [-0.15, -0.1) is 0 Å². The molecule has 2 nitrogen and oxygen atoms in total. The van der Waals surface area contributed by atoms with Crippen LogP contribution in [0, 0.1) is 6.92 Å². The third kappa shape index (κ3) is 2.79. The molecule has 130 valence electrons. The van der Waals surface area contributed by atoms with Gasteiger partial charge in [-0.25, -0.2) is 0 Å². The van der Waals surface area contributed by atoms with E-state index in [-0.39, 0.29) is 5.41 Å². The molecule has 0 saturated heterocycles. The zero-order chi connectivity index (χ0) is 17.6. The van der Waals surface area contributed by atoms with E-state index in [2.05, 4.69) is 85.9 Å². The number of benzene rings is 2. The van der Waals surface area contributed by atoms with Crippen molar-refractivity contribution in [3.05, 3.63) is 70.9 Å². The van der Waals surface area contributed by atoms with E-state index in [0.29, 0.717) is 0 Å². The Kier molecular flexibility index (Phi) is 3.96. The number of aryl methyl sites for hydroxylation is 3. The van der Waals surface area contributed by atoms with Crippen LogP contribution >= 0.6 is 0 Å². The molecule has 2 aromatic carbocycles. The lowest BCUT2D eigenvalue weighted by atomic mass is 9.76. The number of fused-ring (bicyclic) bond motifs is 3. The average molecular weight is 332 g/mol. The van der Waals surface area contributed by atoms with E-state index in [9.17, 15) is 0 Å². The standard InChI is InChI=1S/C23H28N2/c1-17-10-11-21-19(14-17)20-15-24(3)16-23(2,22(20)25(21)4)13-12-18-8-6-5-7-9-18/h5-11,14H,12-13,15-16H2,1-4H3. The maximum atomic E-state index is 2.50. The Hall–Kier alpha value is -2.06. The highest BCUT2D eigenvalue weighted by molar-refractivity contribution is 5.87. The van der Waals surface area contributed by atoms with Crippen molar-refractivity contribution in [3.63, 3.8) is 0 Å². The topological polar surface area (TPSA) is 8.17 Å². The van der Waals surface area contributed by atoms with Gasteiger partial charge >= 0.3 is 0 Å². The van der Waals surface area contributed by atoms with E-state index in [0.717, 1.165) is 19.5 Å². The third-order valence-corrected chi connectivity index (χ3v) is 5.89. The van der Waals surface area contributed by atoms with Gasteiger partial charge in [-0.05, 0) is 50.1 Å². The molecule has 2 heterocycles. The molecule has 0 saturated carbocycles. The number of rotatable bonds is 3. The molecule has 0 fully saturated rings. The minimum absolute atomic E-state index is 0.180. The summed E-state index contributed by atoms with van der Waals surface area (Å²) < 4.78 is 2.46. The maximum Gasteiger partial charge on any atom is 0.0483 e. The van der Waals surface area contributed by atoms with Gasteiger partial charge in [0.25, 0.3) is 0 Å². The fourth-order valence-corrected chi connectivity index (χ4v) is 4.82. The van der Waals surface area contributed by atoms with Gasteiger partial charge in [-0.3, -0.25) is 0 Å². The second-order valence-corrected chi connectivity index (χ2v) is 8.13. The number of hydrogen-bond donors (Lipinski definition) is 0. The molecule has 2 heteroatoms. The molecule has 0 amide bonds. The number of hydrogen-bond acceptors (Lipinski definition) is 1. The Bertz CT molecular complexity index is 907. The summed E-state index contributed by atoms with van der Waals surface area (Å²) in [5.41, 5.74) is 7.41. The van der Waals surface area contributed by atoms with Crippen LogP contribution in [0.4, 0.5) is 0 Å². The SMILES string of the molecule is Cc1ccc2c(c1)c1c(n2C)C(C)(CCc2ccccc2)CN(C)C1. The highest BCUT2D eigenvalue weighted by Gasteiger charge is 2.38. The van der Waals surface area contributed by atoms with E-state index < -0.39 is 0 Å². The van der Waals surface area contributed by atoms with Gasteiger partial charge in [0, 0.05) is 42.1 Å². The lowest BCUT2D eigenvalue weighted by molar-refractivity contribution is 0.207. The molecule has 0 aliphatic carbocycles. The Morgan fingerprint density at radius 2 is 1.80 bits per heavy atom. The van der Waals surface area contributed by atoms with Crippen molar-refractivity contribution in [2.45, 2.75) is 38.6 Å². The predicted molar refractivity (Wildman–Crippen MR) is 106 cm³/mol. The second kappa shape index (κ2) is 6.03. The molecule has 1 aliphatic heterocycles. The van der Waals surface area contributed by atoms with Crippen molar-refractivity contribution in [1.82, 2.24) is 9.47 Å². The normalized spacial score (nSPS) is 20.8. The van der Waals surface area contributed by atoms with E-state index in [4.69, 9.17) is 0 Å². The highest BCUT2D eigenvalue weighted by atomic mass is 15.1. The molecule has 1 atom stereocenters. The zero-order valence-corrected chi connectivity index (χ0v) is 15.8. The number of nitrogens with zero attached hydrogens (tertiary/aromatic N) is 2. The molecular weight excluding hydrogens is 304 g/mol. The Balaban J connectivity index is 1.79. The smallest absolute Gasteiger partial charge is 0.0483 e. The third-order valence-electron chi connectivity index (χ3n) is 5.89. The van der Waals surface area contributed by atoms with Crippen molar-refractivity contribution in [2.24, 2.45) is 7.05 Å². The van der Waals surface area contributed by atoms with Crippen LogP contribution in [0.25, 0.3) is 10.9 Å². The van der Waals surface area contributed by atoms with E-state index in [1.807, 2.05) is 0 Å². The summed E-state index contributed by atoms with van der Waals surface area (Å²) in [6.45, 7) is 6.82. The van der Waals surface area contributed by atoms with Crippen molar-refractivity contribution >= 4 is 10.9 Å². The fraction of sp³-hybridized carbons (Fsp3) is 0.391. The van der Waals surface area contributed by atoms with E-state index in [1.165, 1.54) is 34.0 Å². The summed E-state index contributed by atoms with van der Waals surface area (Å²) in [5, 5.41) is 1.44. The van der Waals surface area contributed by atoms with Crippen LogP contribution < -0.4 is 0 Å². The first-order chi connectivity index (χ1) is 12.0. The number of likely N-dealkylation sites (N-methyl/N-ethyl adjacent to an activating group) is 1. The van der Waals surface area contributed by atoms with E-state index in [1.54, 1.807) is 5.69 Å². The summed E-state index contributed by atoms with van der Waals surface area (Å²) >= 11 is 0. The molecule has 25 heavy (non-hydrogen) atoms. The van der Waals surface area contributed by atoms with Gasteiger partial charge in [-0.1, -0.05) is 48.9 Å². The predicted octanol–water partition coefficient (Wildman–Crippen LogP) is 4.82. The molecule has 1 unspecified atom stereocenters. The van der Waals surface area contributed by atoms with Gasteiger partial charge in [-0.2, -0.15) is 0 Å². The van der Waals surface area contributed by atoms with Gasteiger partial charge in [0.2, 0.25) is 0 Å². The first kappa shape index (κ1) is 16.4. The largest absolute Gasteiger partial charge is 0.347 e. The van der Waals surface area contributed by atoms with Gasteiger partial charge < -0.3 is 9.47 Å². The molecule has 0 radical (unpaired) electrons. The second-order valence-electron chi connectivity index (χ2n) is 8.13. The van der Waals surface area contributed by atoms with Crippen LogP contribution in [0.15, 0.2) is 48.5 Å². The van der Waals surface area contributed by atoms with Crippen LogP contribution in [-0.2, 0) is 25.4 Å². The van der Waals surface area contributed by atoms with E-state index >= 15 is 0 Å². The highest BCUT2D eigenvalue weighted by Crippen LogP contribution is 2.41. The van der Waals surface area contributed by atoms with Crippen LogP contribution in [0.2, 0.25) is 0 Å². The minimum Gasteiger partial charge on any atom is -0.347 e. The first-order valence-corrected chi connectivity index (χ1v) is 9.29. The zero-order valence-electron chi connectivity index (χ0n) is 15.8. The van der Waals surface area contributed by atoms with Crippen molar-refractivity contribution in [3.8, 4) is 0 Å². The van der Waals surface area contributed by atoms with Crippen LogP contribution in [0.5, 0.6) is 0 Å². The first-order valence-electron chi connectivity index (χ1n) is 9.29. The van der Waals surface area contributed by atoms with Gasteiger partial charge in [0.1, 0.15) is 0 Å². The van der Waals surface area contributed by atoms with Crippen molar-refractivity contribution < 1.29 is 0 Å². The lowest BCUT2D eigenvalue weighted by Crippen LogP contribution is -2.43. The minimum atomic E-state index is 0.180. The molecule has 3 aromatic rings. The molecule has 1 aliphatic rings. The van der Waals surface area contributed by atoms with Crippen molar-refractivity contribution in [1.29, 1.82) is 0 Å².